The molecule has 3 amide bonds. The van der Waals surface area contributed by atoms with E-state index in [1.807, 2.05) is 0 Å². The highest BCUT2D eigenvalue weighted by molar-refractivity contribution is 9.10. The summed E-state index contributed by atoms with van der Waals surface area (Å²) in [5.41, 5.74) is 2.66. The van der Waals surface area contributed by atoms with E-state index in [1.165, 1.54) is 18.2 Å². The standard InChI is InChI=1S/C25H18BrCl4N3O4/c1-11-8-13(32-24(36)37)4-7-19(11)33-22(34)15-10-14(3-6-17(15)27)31-23(35)21-20(25(21,29)30)12-2-5-16(26)18(28)9-12/h2-10,20-21,32H,1H3,(H,31,35)(H,33,34)(H,36,37)/t20-,21+/m0/s1. The van der Waals surface area contributed by atoms with E-state index < -0.39 is 34.1 Å². The molecule has 192 valence electrons. The van der Waals surface area contributed by atoms with Crippen molar-refractivity contribution >= 4 is 97.3 Å². The molecule has 0 aliphatic heterocycles. The second-order valence-electron chi connectivity index (χ2n) is 8.40. The maximum Gasteiger partial charge on any atom is 0.409 e. The van der Waals surface area contributed by atoms with Crippen molar-refractivity contribution in [2.45, 2.75) is 17.2 Å². The Morgan fingerprint density at radius 1 is 0.892 bits per heavy atom. The highest BCUT2D eigenvalue weighted by atomic mass is 79.9. The minimum Gasteiger partial charge on any atom is -0.465 e. The predicted molar refractivity (Wildman–Crippen MR) is 151 cm³/mol. The number of hydrogen-bond donors (Lipinski definition) is 4. The van der Waals surface area contributed by atoms with E-state index in [-0.39, 0.29) is 10.6 Å². The van der Waals surface area contributed by atoms with E-state index in [0.29, 0.717) is 32.1 Å². The zero-order chi connectivity index (χ0) is 27.1. The molecule has 4 N–H and O–H groups in total. The van der Waals surface area contributed by atoms with Crippen LogP contribution in [0, 0.1) is 12.8 Å². The van der Waals surface area contributed by atoms with Crippen LogP contribution in [0.3, 0.4) is 0 Å². The van der Waals surface area contributed by atoms with Crippen molar-refractivity contribution in [2.24, 2.45) is 5.92 Å². The van der Waals surface area contributed by atoms with Gasteiger partial charge in [0.25, 0.3) is 5.91 Å². The van der Waals surface area contributed by atoms with Crippen LogP contribution in [0.15, 0.2) is 59.1 Å². The first kappa shape index (κ1) is 27.5. The normalized spacial score (nSPS) is 17.6. The van der Waals surface area contributed by atoms with E-state index in [4.69, 9.17) is 51.5 Å². The molecule has 0 bridgehead atoms. The topological polar surface area (TPSA) is 108 Å². The summed E-state index contributed by atoms with van der Waals surface area (Å²) in [7, 11) is 0. The number of nitrogens with one attached hydrogen (secondary N) is 3. The molecule has 0 aromatic heterocycles. The van der Waals surface area contributed by atoms with Crippen molar-refractivity contribution in [1.29, 1.82) is 0 Å². The molecule has 4 rings (SSSR count). The highest BCUT2D eigenvalue weighted by Gasteiger charge is 2.67. The van der Waals surface area contributed by atoms with Crippen LogP contribution >= 0.6 is 62.3 Å². The van der Waals surface area contributed by atoms with E-state index in [0.717, 1.165) is 5.56 Å². The molecule has 1 aliphatic rings. The van der Waals surface area contributed by atoms with Crippen LogP contribution in [0.5, 0.6) is 0 Å². The van der Waals surface area contributed by atoms with Crippen molar-refractivity contribution in [3.63, 3.8) is 0 Å². The molecule has 12 heteroatoms. The van der Waals surface area contributed by atoms with E-state index in [1.54, 1.807) is 43.3 Å². The molecule has 0 saturated heterocycles. The number of aryl methyl sites for hydroxylation is 1. The molecule has 0 heterocycles. The average molecular weight is 646 g/mol. The first-order valence-electron chi connectivity index (χ1n) is 10.7. The van der Waals surface area contributed by atoms with Gasteiger partial charge in [0, 0.05) is 27.5 Å². The lowest BCUT2D eigenvalue weighted by molar-refractivity contribution is -0.117. The van der Waals surface area contributed by atoms with E-state index in [2.05, 4.69) is 31.9 Å². The SMILES string of the molecule is Cc1cc(NC(=O)O)ccc1NC(=O)c1cc(NC(=O)[C@H]2[C@H](c3ccc(Br)c(Cl)c3)C2(Cl)Cl)ccc1Cl. The quantitative estimate of drug-likeness (QED) is 0.204. The van der Waals surface area contributed by atoms with Gasteiger partial charge in [-0.15, -0.1) is 23.2 Å². The molecular weight excluding hydrogens is 628 g/mol. The van der Waals surface area contributed by atoms with Gasteiger partial charge in [0.15, 0.2) is 0 Å². The molecule has 0 unspecified atom stereocenters. The van der Waals surface area contributed by atoms with Gasteiger partial charge in [0.05, 0.1) is 21.5 Å². The van der Waals surface area contributed by atoms with Crippen LogP contribution in [0.25, 0.3) is 0 Å². The summed E-state index contributed by atoms with van der Waals surface area (Å²) in [5, 5.41) is 17.3. The zero-order valence-electron chi connectivity index (χ0n) is 18.9. The summed E-state index contributed by atoms with van der Waals surface area (Å²) >= 11 is 28.7. The van der Waals surface area contributed by atoms with E-state index >= 15 is 0 Å². The van der Waals surface area contributed by atoms with Crippen molar-refractivity contribution in [3.8, 4) is 0 Å². The summed E-state index contributed by atoms with van der Waals surface area (Å²) in [6.07, 6.45) is -1.19. The maximum absolute atomic E-state index is 13.0. The number of carbonyl (C=O) groups excluding carboxylic acids is 2. The molecule has 1 fully saturated rings. The first-order chi connectivity index (χ1) is 17.4. The molecule has 3 aromatic rings. The smallest absolute Gasteiger partial charge is 0.409 e. The van der Waals surface area contributed by atoms with Gasteiger partial charge in [-0.25, -0.2) is 4.79 Å². The summed E-state index contributed by atoms with van der Waals surface area (Å²) in [5.74, 6) is -2.12. The molecule has 0 radical (unpaired) electrons. The molecule has 2 atom stereocenters. The summed E-state index contributed by atoms with van der Waals surface area (Å²) in [6.45, 7) is 1.72. The minimum atomic E-state index is -1.31. The fourth-order valence-electron chi connectivity index (χ4n) is 3.97. The van der Waals surface area contributed by atoms with Crippen LogP contribution in [0.2, 0.25) is 10.0 Å². The van der Waals surface area contributed by atoms with Gasteiger partial charge in [-0.2, -0.15) is 0 Å². The molecule has 1 saturated carbocycles. The van der Waals surface area contributed by atoms with Crippen molar-refractivity contribution in [2.75, 3.05) is 16.0 Å². The van der Waals surface area contributed by atoms with Gasteiger partial charge in [0.2, 0.25) is 5.91 Å². The predicted octanol–water partition coefficient (Wildman–Crippen LogP) is 7.93. The van der Waals surface area contributed by atoms with E-state index in [9.17, 15) is 14.4 Å². The number of carboxylic acid groups (broad SMARTS) is 1. The molecule has 37 heavy (non-hydrogen) atoms. The van der Waals surface area contributed by atoms with Crippen molar-refractivity contribution < 1.29 is 19.5 Å². The number of halogens is 5. The van der Waals surface area contributed by atoms with Crippen molar-refractivity contribution in [3.05, 3.63) is 85.8 Å². The lowest BCUT2D eigenvalue weighted by Gasteiger charge is -2.12. The monoisotopic (exact) mass is 643 g/mol. The lowest BCUT2D eigenvalue weighted by atomic mass is 10.1. The number of anilines is 3. The maximum atomic E-state index is 13.0. The summed E-state index contributed by atoms with van der Waals surface area (Å²) < 4.78 is -0.600. The second kappa shape index (κ2) is 10.7. The van der Waals surface area contributed by atoms with Gasteiger partial charge < -0.3 is 15.7 Å². The number of alkyl halides is 2. The third kappa shape index (κ3) is 5.99. The molecule has 7 nitrogen and oxygen atoms in total. The van der Waals surface area contributed by atoms with Crippen LogP contribution in [0.1, 0.15) is 27.4 Å². The fraction of sp³-hybridized carbons (Fsp3) is 0.160. The first-order valence-corrected chi connectivity index (χ1v) is 13.0. The van der Waals surface area contributed by atoms with Gasteiger partial charge in [-0.1, -0.05) is 29.3 Å². The Morgan fingerprint density at radius 2 is 1.57 bits per heavy atom. The number of rotatable bonds is 6. The second-order valence-corrected chi connectivity index (χ2v) is 11.5. The largest absolute Gasteiger partial charge is 0.465 e. The lowest BCUT2D eigenvalue weighted by Crippen LogP contribution is -2.18. The third-order valence-corrected chi connectivity index (χ3v) is 8.35. The molecule has 0 spiro atoms. The molecule has 3 aromatic carbocycles. The number of benzene rings is 3. The van der Waals surface area contributed by atoms with Crippen molar-refractivity contribution in [1.82, 2.24) is 0 Å². The summed E-state index contributed by atoms with van der Waals surface area (Å²) in [4.78, 5) is 36.8. The van der Waals surface area contributed by atoms with Crippen LogP contribution in [0.4, 0.5) is 21.9 Å². The number of hydrogen-bond acceptors (Lipinski definition) is 3. The van der Waals surface area contributed by atoms with Crippen LogP contribution < -0.4 is 16.0 Å². The Bertz CT molecular complexity index is 1430. The Kier molecular flexibility index (Phi) is 7.97. The van der Waals surface area contributed by atoms with Gasteiger partial charge in [-0.3, -0.25) is 14.9 Å². The van der Waals surface area contributed by atoms with Crippen LogP contribution in [-0.4, -0.2) is 27.3 Å². The van der Waals surface area contributed by atoms with Gasteiger partial charge in [-0.05, 0) is 82.5 Å². The third-order valence-electron chi connectivity index (χ3n) is 5.84. The number of amides is 3. The fourth-order valence-corrected chi connectivity index (χ4v) is 5.43. The Hall–Kier alpha value is -2.49. The van der Waals surface area contributed by atoms with Gasteiger partial charge >= 0.3 is 6.09 Å². The summed E-state index contributed by atoms with van der Waals surface area (Å²) in [6, 6.07) is 14.4. The zero-order valence-corrected chi connectivity index (χ0v) is 23.5. The molecule has 1 aliphatic carbocycles. The molecular formula is C25H18BrCl4N3O4. The Balaban J connectivity index is 1.48. The minimum absolute atomic E-state index is 0.127. The average Bonchev–Trinajstić information content (AvgIpc) is 3.40. The van der Waals surface area contributed by atoms with Crippen LogP contribution in [-0.2, 0) is 4.79 Å². The van der Waals surface area contributed by atoms with Gasteiger partial charge in [0.1, 0.15) is 4.33 Å². The Labute approximate surface area is 240 Å². The highest BCUT2D eigenvalue weighted by Crippen LogP contribution is 2.65. The Morgan fingerprint density at radius 3 is 2.22 bits per heavy atom. The number of carbonyl (C=O) groups is 3.